The highest BCUT2D eigenvalue weighted by Crippen LogP contribution is 2.36. The van der Waals surface area contributed by atoms with Crippen LogP contribution in [0.4, 0.5) is 30.5 Å². The van der Waals surface area contributed by atoms with Gasteiger partial charge in [0.25, 0.3) is 5.91 Å². The van der Waals surface area contributed by atoms with Crippen LogP contribution in [-0.2, 0) is 6.18 Å². The summed E-state index contributed by atoms with van der Waals surface area (Å²) in [5.41, 5.74) is 0.306. The van der Waals surface area contributed by atoms with Gasteiger partial charge in [0, 0.05) is 48.4 Å². The number of alkyl halides is 3. The average Bonchev–Trinajstić information content (AvgIpc) is 3.57. The van der Waals surface area contributed by atoms with Crippen molar-refractivity contribution in [1.29, 1.82) is 0 Å². The lowest BCUT2D eigenvalue weighted by atomic mass is 10.1. The molecule has 2 aromatic heterocycles. The number of hydrogen-bond acceptors (Lipinski definition) is 7. The molecule has 0 saturated carbocycles. The Kier molecular flexibility index (Phi) is 6.22. The van der Waals surface area contributed by atoms with Crippen molar-refractivity contribution < 1.29 is 18.0 Å². The molecule has 0 unspecified atom stereocenters. The molecule has 1 aliphatic heterocycles. The van der Waals surface area contributed by atoms with Gasteiger partial charge in [0.15, 0.2) is 0 Å². The zero-order valence-electron chi connectivity index (χ0n) is 19.5. The number of nitrogens with zero attached hydrogens (tertiary/aromatic N) is 6. The summed E-state index contributed by atoms with van der Waals surface area (Å²) in [6.45, 7) is 2.11. The number of amides is 1. The predicted molar refractivity (Wildman–Crippen MR) is 131 cm³/mol. The number of benzene rings is 2. The van der Waals surface area contributed by atoms with Crippen molar-refractivity contribution in [3.05, 3.63) is 103 Å². The highest BCUT2D eigenvalue weighted by Gasteiger charge is 2.34. The number of carbonyl (C=O) groups excluding carboxylic acids is 1. The number of carbonyl (C=O) groups is 1. The number of imidazole rings is 1. The summed E-state index contributed by atoms with van der Waals surface area (Å²) >= 11 is 0. The minimum atomic E-state index is -4.57. The molecule has 0 fully saturated rings. The first kappa shape index (κ1) is 23.9. The van der Waals surface area contributed by atoms with Gasteiger partial charge in [0.1, 0.15) is 12.5 Å². The van der Waals surface area contributed by atoms with Crippen molar-refractivity contribution in [3.63, 3.8) is 0 Å². The number of hydrogen-bond donors (Lipinski definition) is 2. The van der Waals surface area contributed by atoms with Gasteiger partial charge >= 0.3 is 6.18 Å². The Balaban J connectivity index is 1.40. The summed E-state index contributed by atoms with van der Waals surface area (Å²) in [6.07, 6.45) is 5.18. The van der Waals surface area contributed by atoms with E-state index in [9.17, 15) is 18.0 Å². The molecule has 3 heterocycles. The fourth-order valence-corrected chi connectivity index (χ4v) is 3.89. The second-order valence-electron chi connectivity index (χ2n) is 8.05. The van der Waals surface area contributed by atoms with E-state index in [-0.39, 0.29) is 11.4 Å². The Morgan fingerprint density at radius 2 is 1.81 bits per heavy atom. The van der Waals surface area contributed by atoms with Crippen LogP contribution in [0.3, 0.4) is 0 Å². The van der Waals surface area contributed by atoms with Gasteiger partial charge in [-0.1, -0.05) is 0 Å². The van der Waals surface area contributed by atoms with E-state index in [2.05, 4.69) is 25.6 Å². The van der Waals surface area contributed by atoms with E-state index in [1.54, 1.807) is 60.9 Å². The van der Waals surface area contributed by atoms with E-state index in [1.807, 2.05) is 11.2 Å². The topological polar surface area (TPSA) is 91.2 Å². The van der Waals surface area contributed by atoms with E-state index in [0.29, 0.717) is 29.7 Å². The van der Waals surface area contributed by atoms with Crippen LogP contribution in [0.2, 0.25) is 0 Å². The maximum atomic E-state index is 13.6. The fraction of sp³-hybridized carbons (Fsp3) is 0.120. The van der Waals surface area contributed by atoms with Gasteiger partial charge in [-0.15, -0.1) is 0 Å². The highest BCUT2D eigenvalue weighted by atomic mass is 19.4. The summed E-state index contributed by atoms with van der Waals surface area (Å²) < 4.78 is 42.2. The van der Waals surface area contributed by atoms with Crippen LogP contribution < -0.4 is 15.6 Å². The summed E-state index contributed by atoms with van der Waals surface area (Å²) in [6, 6.07) is 11.9. The van der Waals surface area contributed by atoms with Crippen LogP contribution >= 0.6 is 0 Å². The molecule has 2 aromatic carbocycles. The van der Waals surface area contributed by atoms with Gasteiger partial charge in [-0.2, -0.15) is 13.2 Å². The first-order valence-electron chi connectivity index (χ1n) is 11.2. The predicted octanol–water partition coefficient (Wildman–Crippen LogP) is 4.63. The smallest absolute Gasteiger partial charge is 0.371 e. The minimum absolute atomic E-state index is 0.124. The van der Waals surface area contributed by atoms with Gasteiger partial charge in [-0.05, 0) is 55.5 Å². The van der Waals surface area contributed by atoms with Gasteiger partial charge in [0.05, 0.1) is 16.9 Å². The zero-order chi connectivity index (χ0) is 26.0. The summed E-state index contributed by atoms with van der Waals surface area (Å²) in [4.78, 5) is 25.6. The molecule has 0 saturated heterocycles. The summed E-state index contributed by atoms with van der Waals surface area (Å²) in [7, 11) is 0. The molecular weight excluding hydrogens is 485 g/mol. The molecule has 5 rings (SSSR count). The largest absolute Gasteiger partial charge is 0.418 e. The second-order valence-corrected chi connectivity index (χ2v) is 8.05. The molecule has 0 spiro atoms. The molecular formula is C25H21F3N8O. The van der Waals surface area contributed by atoms with Crippen LogP contribution in [0.1, 0.15) is 21.7 Å². The lowest BCUT2D eigenvalue weighted by molar-refractivity contribution is -0.137. The normalized spacial score (nSPS) is 12.9. The van der Waals surface area contributed by atoms with Crippen molar-refractivity contribution in [3.8, 4) is 5.69 Å². The molecule has 0 atom stereocenters. The molecule has 0 bridgehead atoms. The molecule has 188 valence electrons. The van der Waals surface area contributed by atoms with Crippen molar-refractivity contribution in [1.82, 2.24) is 29.8 Å². The van der Waals surface area contributed by atoms with Crippen LogP contribution in [0.5, 0.6) is 0 Å². The van der Waals surface area contributed by atoms with Gasteiger partial charge in [-0.3, -0.25) is 9.80 Å². The SMILES string of the molecule is Cc1nccn1-c1cc(NC(=O)c2ccc(N(c3ncccn3)N3C=CNC3)cc2)ccc1C(F)(F)F. The van der Waals surface area contributed by atoms with Crippen molar-refractivity contribution >= 4 is 23.2 Å². The van der Waals surface area contributed by atoms with Crippen LogP contribution in [0, 0.1) is 6.92 Å². The number of aromatic nitrogens is 4. The Bertz CT molecular complexity index is 1430. The van der Waals surface area contributed by atoms with Crippen molar-refractivity contribution in [2.45, 2.75) is 13.1 Å². The summed E-state index contributed by atoms with van der Waals surface area (Å²) in [5.74, 6) is 0.365. The van der Waals surface area contributed by atoms with E-state index in [4.69, 9.17) is 0 Å². The molecule has 1 aliphatic rings. The molecule has 9 nitrogen and oxygen atoms in total. The van der Waals surface area contributed by atoms with Gasteiger partial charge in [-0.25, -0.2) is 20.0 Å². The number of nitrogens with one attached hydrogen (secondary N) is 2. The van der Waals surface area contributed by atoms with E-state index >= 15 is 0 Å². The lowest BCUT2D eigenvalue weighted by Crippen LogP contribution is -2.37. The molecule has 0 aliphatic carbocycles. The minimum Gasteiger partial charge on any atom is -0.371 e. The quantitative estimate of drug-likeness (QED) is 0.394. The number of aryl methyl sites for hydroxylation is 1. The Morgan fingerprint density at radius 3 is 2.43 bits per heavy atom. The maximum Gasteiger partial charge on any atom is 0.418 e. The van der Waals surface area contributed by atoms with Crippen molar-refractivity contribution in [2.75, 3.05) is 17.0 Å². The molecule has 2 N–H and O–H groups in total. The highest BCUT2D eigenvalue weighted by molar-refractivity contribution is 6.04. The Labute approximate surface area is 209 Å². The molecule has 4 aromatic rings. The number of hydrazine groups is 1. The average molecular weight is 506 g/mol. The first-order valence-corrected chi connectivity index (χ1v) is 11.2. The van der Waals surface area contributed by atoms with Crippen molar-refractivity contribution in [2.24, 2.45) is 0 Å². The number of rotatable bonds is 6. The number of halogens is 3. The molecule has 12 heteroatoms. The standard InChI is InChI=1S/C25H21F3N8O/c1-17-30-12-14-35(17)22-15-19(5-8-21(22)25(26,27)28)33-23(37)18-3-6-20(7-4-18)36(34-13-11-29-16-34)24-31-9-2-10-32-24/h2-15,29H,16H2,1H3,(H,33,37). The van der Waals surface area contributed by atoms with E-state index in [1.165, 1.54) is 29.1 Å². The fourth-order valence-electron chi connectivity index (χ4n) is 3.89. The second kappa shape index (κ2) is 9.64. The Hall–Kier alpha value is -4.87. The van der Waals surface area contributed by atoms with E-state index in [0.717, 1.165) is 6.07 Å². The van der Waals surface area contributed by atoms with Gasteiger partial charge < -0.3 is 15.2 Å². The molecule has 37 heavy (non-hydrogen) atoms. The maximum absolute atomic E-state index is 13.6. The van der Waals surface area contributed by atoms with E-state index < -0.39 is 17.6 Å². The zero-order valence-corrected chi connectivity index (χ0v) is 19.5. The Morgan fingerprint density at radius 1 is 1.05 bits per heavy atom. The lowest BCUT2D eigenvalue weighted by Gasteiger charge is -2.31. The monoisotopic (exact) mass is 506 g/mol. The summed E-state index contributed by atoms with van der Waals surface area (Å²) in [5, 5.41) is 9.43. The van der Waals surface area contributed by atoms with Gasteiger partial charge in [0.2, 0.25) is 5.95 Å². The van der Waals surface area contributed by atoms with Crippen LogP contribution in [-0.4, -0.2) is 37.1 Å². The third-order valence-corrected chi connectivity index (χ3v) is 5.64. The molecule has 1 amide bonds. The van der Waals surface area contributed by atoms with Crippen LogP contribution in [0.25, 0.3) is 5.69 Å². The third-order valence-electron chi connectivity index (χ3n) is 5.64. The van der Waals surface area contributed by atoms with Crippen LogP contribution in [0.15, 0.2) is 85.7 Å². The number of anilines is 3. The first-order chi connectivity index (χ1) is 17.8. The molecule has 0 radical (unpaired) electrons. The third kappa shape index (κ3) is 4.94.